The number of para-hydroxylation sites is 1. The topological polar surface area (TPSA) is 113 Å². The Kier molecular flexibility index (Phi) is 3.96. The Hall–Kier alpha value is -3.14. The molecule has 10 heteroatoms. The number of rotatable bonds is 3. The first-order valence-electron chi connectivity index (χ1n) is 7.81. The third kappa shape index (κ3) is 2.64. The summed E-state index contributed by atoms with van der Waals surface area (Å²) in [6.45, 7) is 1.95. The van der Waals surface area contributed by atoms with Gasteiger partial charge in [0.2, 0.25) is 6.17 Å². The van der Waals surface area contributed by atoms with Crippen LogP contribution in [-0.2, 0) is 4.79 Å². The van der Waals surface area contributed by atoms with Gasteiger partial charge in [-0.25, -0.2) is 10.0 Å². The molecule has 0 aliphatic carbocycles. The van der Waals surface area contributed by atoms with Crippen LogP contribution < -0.4 is 15.9 Å². The maximum absolute atomic E-state index is 12.7. The van der Waals surface area contributed by atoms with E-state index in [4.69, 9.17) is 4.42 Å². The van der Waals surface area contributed by atoms with E-state index in [1.807, 2.05) is 19.1 Å². The maximum Gasteiger partial charge on any atom is 0.433 e. The molecule has 0 bridgehead atoms. The van der Waals surface area contributed by atoms with Gasteiger partial charge < -0.3 is 4.42 Å². The van der Waals surface area contributed by atoms with E-state index < -0.39 is 11.1 Å². The molecular weight excluding hydrogens is 358 g/mol. The zero-order valence-corrected chi connectivity index (χ0v) is 14.4. The Morgan fingerprint density at radius 3 is 2.88 bits per heavy atom. The van der Waals surface area contributed by atoms with Crippen LogP contribution >= 0.6 is 11.8 Å². The molecule has 2 aliphatic heterocycles. The third-order valence-electron chi connectivity index (χ3n) is 3.84. The summed E-state index contributed by atoms with van der Waals surface area (Å²) in [7, 11) is 0. The van der Waals surface area contributed by atoms with E-state index in [-0.39, 0.29) is 17.6 Å². The summed E-state index contributed by atoms with van der Waals surface area (Å²) >= 11 is 1.38. The normalized spacial score (nSPS) is 18.4. The number of hydrogen-bond acceptors (Lipinski definition) is 8. The fourth-order valence-corrected chi connectivity index (χ4v) is 3.38. The van der Waals surface area contributed by atoms with E-state index in [1.165, 1.54) is 28.9 Å². The van der Waals surface area contributed by atoms with E-state index in [1.54, 1.807) is 12.1 Å². The monoisotopic (exact) mass is 371 g/mol. The quantitative estimate of drug-likeness (QED) is 0.638. The molecule has 26 heavy (non-hydrogen) atoms. The molecule has 1 amide bonds. The number of furan rings is 1. The number of amides is 1. The van der Waals surface area contributed by atoms with Crippen LogP contribution in [0.3, 0.4) is 0 Å². The van der Waals surface area contributed by atoms with Gasteiger partial charge in [-0.3, -0.25) is 20.2 Å². The van der Waals surface area contributed by atoms with Crippen molar-refractivity contribution in [1.82, 2.24) is 10.3 Å². The lowest BCUT2D eigenvalue weighted by atomic mass is 10.1. The van der Waals surface area contributed by atoms with Crippen LogP contribution in [-0.4, -0.2) is 26.8 Å². The summed E-state index contributed by atoms with van der Waals surface area (Å²) in [5.74, 6) is 0.281. The van der Waals surface area contributed by atoms with Gasteiger partial charge in [0.25, 0.3) is 5.91 Å². The van der Waals surface area contributed by atoms with Gasteiger partial charge >= 0.3 is 5.88 Å². The summed E-state index contributed by atoms with van der Waals surface area (Å²) in [6.07, 6.45) is -0.799. The van der Waals surface area contributed by atoms with Crippen molar-refractivity contribution >= 4 is 34.4 Å². The van der Waals surface area contributed by atoms with Gasteiger partial charge in [0.15, 0.2) is 10.9 Å². The number of nitrogens with zero attached hydrogens (tertiary/aromatic N) is 4. The van der Waals surface area contributed by atoms with Crippen molar-refractivity contribution in [2.24, 2.45) is 10.1 Å². The fourth-order valence-electron chi connectivity index (χ4n) is 2.79. The molecule has 9 nitrogen and oxygen atoms in total. The molecule has 1 atom stereocenters. The number of nitro groups is 1. The number of thioether (sulfide) groups is 1. The molecule has 4 rings (SSSR count). The van der Waals surface area contributed by atoms with Gasteiger partial charge in [0, 0.05) is 5.22 Å². The van der Waals surface area contributed by atoms with E-state index in [0.717, 1.165) is 5.75 Å². The molecule has 1 N–H and O–H groups in total. The van der Waals surface area contributed by atoms with Gasteiger partial charge in [-0.05, 0) is 17.9 Å². The summed E-state index contributed by atoms with van der Waals surface area (Å²) < 4.78 is 5.32. The Balaban J connectivity index is 1.92. The third-order valence-corrected chi connectivity index (χ3v) is 4.59. The number of hydrogen-bond donors (Lipinski definition) is 1. The van der Waals surface area contributed by atoms with Crippen LogP contribution in [0.4, 0.5) is 5.88 Å². The molecule has 2 aliphatic rings. The van der Waals surface area contributed by atoms with E-state index in [2.05, 4.69) is 15.4 Å². The summed E-state index contributed by atoms with van der Waals surface area (Å²) in [6, 6.07) is 9.92. The SMILES string of the molecule is CCSC1=NN2C(=c3ccccc3=N[C@@H]2c2ccc([N+](=O)[O-])o2)C(=O)N1. The van der Waals surface area contributed by atoms with E-state index in [0.29, 0.717) is 21.4 Å². The highest BCUT2D eigenvalue weighted by molar-refractivity contribution is 8.13. The van der Waals surface area contributed by atoms with Crippen LogP contribution in [0.15, 0.2) is 50.9 Å². The minimum atomic E-state index is -0.799. The van der Waals surface area contributed by atoms with Crippen LogP contribution in [0, 0.1) is 10.1 Å². The second-order valence-corrected chi connectivity index (χ2v) is 6.69. The highest BCUT2D eigenvalue weighted by Gasteiger charge is 2.36. The summed E-state index contributed by atoms with van der Waals surface area (Å²) in [4.78, 5) is 27.6. The second kappa shape index (κ2) is 6.30. The first-order chi connectivity index (χ1) is 12.6. The number of carbonyl (C=O) groups excluding carboxylic acids is 1. The van der Waals surface area contributed by atoms with Crippen LogP contribution in [0.2, 0.25) is 0 Å². The van der Waals surface area contributed by atoms with Gasteiger partial charge in [-0.15, -0.1) is 5.10 Å². The lowest BCUT2D eigenvalue weighted by Gasteiger charge is -2.32. The first-order valence-corrected chi connectivity index (χ1v) is 8.80. The largest absolute Gasteiger partial charge is 0.433 e. The van der Waals surface area contributed by atoms with Crippen LogP contribution in [0.1, 0.15) is 18.8 Å². The number of nitrogens with one attached hydrogen (secondary N) is 1. The van der Waals surface area contributed by atoms with Gasteiger partial charge in [0.1, 0.15) is 10.6 Å². The van der Waals surface area contributed by atoms with Crippen LogP contribution in [0.25, 0.3) is 5.70 Å². The minimum Gasteiger partial charge on any atom is -0.401 e. The summed E-state index contributed by atoms with van der Waals surface area (Å²) in [5.41, 5.74) is 0.333. The van der Waals surface area contributed by atoms with Gasteiger partial charge in [-0.1, -0.05) is 36.9 Å². The molecule has 1 aromatic heterocycles. The zero-order chi connectivity index (χ0) is 18.3. The molecule has 3 heterocycles. The average Bonchev–Trinajstić information content (AvgIpc) is 3.11. The molecule has 0 radical (unpaired) electrons. The molecule has 0 unspecified atom stereocenters. The number of benzene rings is 1. The van der Waals surface area contributed by atoms with Crippen molar-refractivity contribution in [2.45, 2.75) is 13.1 Å². The first kappa shape index (κ1) is 16.3. The van der Waals surface area contributed by atoms with Gasteiger partial charge in [-0.2, -0.15) is 0 Å². The molecular formula is C16H13N5O4S. The smallest absolute Gasteiger partial charge is 0.401 e. The highest BCUT2D eigenvalue weighted by Crippen LogP contribution is 2.33. The van der Waals surface area contributed by atoms with Gasteiger partial charge in [0.05, 0.1) is 11.4 Å². The van der Waals surface area contributed by atoms with Crippen molar-refractivity contribution in [1.29, 1.82) is 0 Å². The Morgan fingerprint density at radius 1 is 1.35 bits per heavy atom. The lowest BCUT2D eigenvalue weighted by molar-refractivity contribution is -0.402. The second-order valence-electron chi connectivity index (χ2n) is 5.44. The molecule has 2 aromatic rings. The highest BCUT2D eigenvalue weighted by atomic mass is 32.2. The van der Waals surface area contributed by atoms with Crippen molar-refractivity contribution in [3.8, 4) is 0 Å². The maximum atomic E-state index is 12.7. The molecule has 1 aromatic carbocycles. The van der Waals surface area contributed by atoms with Crippen LogP contribution in [0.5, 0.6) is 0 Å². The number of amidine groups is 1. The van der Waals surface area contributed by atoms with Crippen molar-refractivity contribution in [3.63, 3.8) is 0 Å². The lowest BCUT2D eigenvalue weighted by Crippen LogP contribution is -2.50. The van der Waals surface area contributed by atoms with E-state index >= 15 is 0 Å². The standard InChI is InChI=1S/C16H13N5O4S/c1-2-26-16-18-15(22)13-9-5-3-4-6-10(9)17-14(20(13)19-16)11-7-8-12(25-11)21(23)24/h3-8,14H,2H2,1H3,(H,18,19,22)/t14-/m0/s1. The molecule has 132 valence electrons. The van der Waals surface area contributed by atoms with Crippen molar-refractivity contribution in [2.75, 3.05) is 5.75 Å². The summed E-state index contributed by atoms with van der Waals surface area (Å²) in [5, 5.41) is 21.3. The number of hydrazone groups is 1. The predicted molar refractivity (Wildman–Crippen MR) is 94.3 cm³/mol. The van der Waals surface area contributed by atoms with E-state index in [9.17, 15) is 14.9 Å². The Labute approximate surface area is 151 Å². The van der Waals surface area contributed by atoms with Crippen molar-refractivity contribution in [3.05, 3.63) is 62.8 Å². The predicted octanol–water partition coefficient (Wildman–Crippen LogP) is 1.08. The Bertz CT molecular complexity index is 1060. The number of fused-ring (bicyclic) bond motifs is 2. The molecule has 0 saturated heterocycles. The van der Waals surface area contributed by atoms with Crippen molar-refractivity contribution < 1.29 is 14.1 Å². The zero-order valence-electron chi connectivity index (χ0n) is 13.6. The minimum absolute atomic E-state index is 0.239. The molecule has 0 saturated carbocycles. The molecule has 0 spiro atoms. The average molecular weight is 371 g/mol. The number of carbonyl (C=O) groups is 1. The fraction of sp³-hybridized carbons (Fsp3) is 0.188. The Morgan fingerprint density at radius 2 is 2.15 bits per heavy atom. The molecule has 0 fully saturated rings.